The van der Waals surface area contributed by atoms with E-state index in [9.17, 15) is 9.59 Å². The third kappa shape index (κ3) is 4.09. The average Bonchev–Trinajstić information content (AvgIpc) is 2.12. The molecule has 86 valence electrons. The van der Waals surface area contributed by atoms with Crippen LogP contribution < -0.4 is 0 Å². The Bertz CT molecular complexity index is 420. The van der Waals surface area contributed by atoms with Gasteiger partial charge in [-0.2, -0.15) is 0 Å². The van der Waals surface area contributed by atoms with Crippen molar-refractivity contribution in [1.29, 1.82) is 0 Å². The summed E-state index contributed by atoms with van der Waals surface area (Å²) in [5.41, 5.74) is 0.628. The molecule has 0 aliphatic carbocycles. The molecule has 0 aliphatic rings. The molecule has 3 nitrogen and oxygen atoms in total. The predicted molar refractivity (Wildman–Crippen MR) is 85.6 cm³/mol. The first kappa shape index (κ1) is 14.6. The summed E-state index contributed by atoms with van der Waals surface area (Å²) in [4.78, 5) is 22.4. The second-order valence-electron chi connectivity index (χ2n) is 2.95. The van der Waals surface area contributed by atoms with Crippen molar-refractivity contribution in [2.75, 3.05) is 6.61 Å². The summed E-state index contributed by atoms with van der Waals surface area (Å²) in [6, 6.07) is 3.84. The lowest BCUT2D eigenvalue weighted by molar-refractivity contribution is -0.139. The topological polar surface area (TPSA) is 43.4 Å². The van der Waals surface area contributed by atoms with Crippen LogP contribution in [-0.2, 0) is 9.53 Å². The average molecular weight is 556 g/mol. The monoisotopic (exact) mass is 556 g/mol. The number of Topliss-reactive ketones (excluding diaryl/α,β-unsaturated/α-hetero) is 1. The van der Waals surface area contributed by atoms with Gasteiger partial charge in [-0.25, -0.2) is 0 Å². The first-order valence-electron chi connectivity index (χ1n) is 4.23. The lowest BCUT2D eigenvalue weighted by Crippen LogP contribution is -2.14. The largest absolute Gasteiger partial charge is 0.457 e. The smallest absolute Gasteiger partial charge is 0.303 e. The van der Waals surface area contributed by atoms with Crippen LogP contribution in [0.15, 0.2) is 12.1 Å². The minimum absolute atomic E-state index is 0.166. The van der Waals surface area contributed by atoms with Crippen LogP contribution in [0.25, 0.3) is 0 Å². The molecule has 0 N–H and O–H groups in total. The molecule has 0 radical (unpaired) electrons. The van der Waals surface area contributed by atoms with Gasteiger partial charge in [0.25, 0.3) is 0 Å². The highest BCUT2D eigenvalue weighted by atomic mass is 127. The summed E-state index contributed by atoms with van der Waals surface area (Å²) in [7, 11) is 0. The molecule has 0 aromatic heterocycles. The number of ether oxygens (including phenoxy) is 1. The summed E-state index contributed by atoms with van der Waals surface area (Å²) >= 11 is 6.42. The molecule has 0 fully saturated rings. The number of carbonyl (C=O) groups is 2. The zero-order valence-corrected chi connectivity index (χ0v) is 14.7. The Morgan fingerprint density at radius 1 is 1.19 bits per heavy atom. The van der Waals surface area contributed by atoms with Crippen molar-refractivity contribution in [2.24, 2.45) is 0 Å². The summed E-state index contributed by atoms with van der Waals surface area (Å²) in [5.74, 6) is -0.607. The van der Waals surface area contributed by atoms with Gasteiger partial charge in [0.15, 0.2) is 6.61 Å². The van der Waals surface area contributed by atoms with Crippen molar-refractivity contribution in [1.82, 2.24) is 0 Å². The van der Waals surface area contributed by atoms with E-state index in [1.807, 2.05) is 12.1 Å². The molecular formula is C10H7I3O3. The number of halogens is 3. The molecule has 0 amide bonds. The van der Waals surface area contributed by atoms with Gasteiger partial charge in [-0.3, -0.25) is 9.59 Å². The zero-order valence-electron chi connectivity index (χ0n) is 8.22. The third-order valence-corrected chi connectivity index (χ3v) is 4.02. The molecule has 16 heavy (non-hydrogen) atoms. The normalized spacial score (nSPS) is 10.0. The van der Waals surface area contributed by atoms with Gasteiger partial charge in [0.1, 0.15) is 0 Å². The Balaban J connectivity index is 2.95. The minimum Gasteiger partial charge on any atom is -0.457 e. The highest BCUT2D eigenvalue weighted by molar-refractivity contribution is 14.1. The number of esters is 1. The maximum Gasteiger partial charge on any atom is 0.303 e. The Hall–Kier alpha value is 0.550. The van der Waals surface area contributed by atoms with Crippen molar-refractivity contribution < 1.29 is 14.3 Å². The van der Waals surface area contributed by atoms with Crippen molar-refractivity contribution in [3.05, 3.63) is 28.4 Å². The van der Waals surface area contributed by atoms with Crippen LogP contribution >= 0.6 is 67.8 Å². The van der Waals surface area contributed by atoms with E-state index in [2.05, 4.69) is 67.8 Å². The van der Waals surface area contributed by atoms with E-state index in [1.54, 1.807) is 0 Å². The van der Waals surface area contributed by atoms with E-state index in [-0.39, 0.29) is 12.4 Å². The Morgan fingerprint density at radius 2 is 1.69 bits per heavy atom. The van der Waals surface area contributed by atoms with Crippen molar-refractivity contribution in [2.45, 2.75) is 6.92 Å². The molecule has 0 atom stereocenters. The molecule has 0 saturated carbocycles. The SMILES string of the molecule is CC(=O)OCC(=O)c1c(I)cc(I)cc1I. The summed E-state index contributed by atoms with van der Waals surface area (Å²) < 4.78 is 7.54. The number of carbonyl (C=O) groups excluding carboxylic acids is 2. The summed E-state index contributed by atoms with van der Waals surface area (Å²) in [6.07, 6.45) is 0. The van der Waals surface area contributed by atoms with Crippen LogP contribution in [-0.4, -0.2) is 18.4 Å². The predicted octanol–water partition coefficient (Wildman–Crippen LogP) is 3.25. The molecule has 0 bridgehead atoms. The fourth-order valence-electron chi connectivity index (χ4n) is 1.05. The minimum atomic E-state index is -0.441. The number of benzene rings is 1. The van der Waals surface area contributed by atoms with E-state index in [4.69, 9.17) is 4.74 Å². The van der Waals surface area contributed by atoms with E-state index < -0.39 is 5.97 Å². The molecule has 1 aromatic carbocycles. The van der Waals surface area contributed by atoms with Gasteiger partial charge in [-0.05, 0) is 79.9 Å². The Labute approximate surface area is 134 Å². The molecule has 1 rings (SSSR count). The van der Waals surface area contributed by atoms with Gasteiger partial charge in [0, 0.05) is 23.2 Å². The van der Waals surface area contributed by atoms with Crippen molar-refractivity contribution in [3.63, 3.8) is 0 Å². The highest BCUT2D eigenvalue weighted by Crippen LogP contribution is 2.23. The maximum absolute atomic E-state index is 11.8. The number of hydrogen-bond donors (Lipinski definition) is 0. The second-order valence-corrected chi connectivity index (χ2v) is 6.52. The fraction of sp³-hybridized carbons (Fsp3) is 0.200. The maximum atomic E-state index is 11.8. The van der Waals surface area contributed by atoms with Crippen LogP contribution in [0.5, 0.6) is 0 Å². The van der Waals surface area contributed by atoms with E-state index >= 15 is 0 Å². The van der Waals surface area contributed by atoms with E-state index in [1.165, 1.54) is 6.92 Å². The van der Waals surface area contributed by atoms with Crippen LogP contribution in [0.3, 0.4) is 0 Å². The molecule has 0 spiro atoms. The van der Waals surface area contributed by atoms with Gasteiger partial charge < -0.3 is 4.74 Å². The van der Waals surface area contributed by atoms with Crippen LogP contribution in [0.4, 0.5) is 0 Å². The Morgan fingerprint density at radius 3 is 2.12 bits per heavy atom. The number of rotatable bonds is 3. The quantitative estimate of drug-likeness (QED) is 0.327. The highest BCUT2D eigenvalue weighted by Gasteiger charge is 2.15. The second kappa shape index (κ2) is 6.47. The van der Waals surface area contributed by atoms with Gasteiger partial charge in [-0.1, -0.05) is 0 Å². The van der Waals surface area contributed by atoms with Gasteiger partial charge in [0.2, 0.25) is 5.78 Å². The van der Waals surface area contributed by atoms with Gasteiger partial charge in [-0.15, -0.1) is 0 Å². The molecular weight excluding hydrogens is 549 g/mol. The zero-order chi connectivity index (χ0) is 12.3. The van der Waals surface area contributed by atoms with Gasteiger partial charge in [0.05, 0.1) is 0 Å². The lowest BCUT2D eigenvalue weighted by atomic mass is 10.1. The molecule has 0 unspecified atom stereocenters. The van der Waals surface area contributed by atoms with E-state index in [0.717, 1.165) is 10.7 Å². The standard InChI is InChI=1S/C10H7I3O3/c1-5(14)16-4-9(15)10-7(12)2-6(11)3-8(10)13/h2-3H,4H2,1H3. The first-order valence-corrected chi connectivity index (χ1v) is 7.46. The van der Waals surface area contributed by atoms with E-state index in [0.29, 0.717) is 5.56 Å². The Kier molecular flexibility index (Phi) is 5.91. The molecule has 6 heteroatoms. The first-order chi connectivity index (χ1) is 7.41. The molecule has 0 saturated heterocycles. The van der Waals surface area contributed by atoms with Gasteiger partial charge >= 0.3 is 5.97 Å². The molecule has 1 aromatic rings. The van der Waals surface area contributed by atoms with Crippen LogP contribution in [0, 0.1) is 10.7 Å². The summed E-state index contributed by atoms with van der Waals surface area (Å²) in [5, 5.41) is 0. The van der Waals surface area contributed by atoms with Crippen LogP contribution in [0.2, 0.25) is 0 Å². The van der Waals surface area contributed by atoms with Crippen molar-refractivity contribution >= 4 is 79.5 Å². The van der Waals surface area contributed by atoms with Crippen LogP contribution in [0.1, 0.15) is 17.3 Å². The fourth-order valence-corrected chi connectivity index (χ4v) is 5.23. The lowest BCUT2D eigenvalue weighted by Gasteiger charge is -2.07. The number of ketones is 1. The third-order valence-electron chi connectivity index (χ3n) is 1.69. The number of hydrogen-bond acceptors (Lipinski definition) is 3. The molecule has 0 heterocycles. The van der Waals surface area contributed by atoms with Crippen molar-refractivity contribution in [3.8, 4) is 0 Å². The summed E-state index contributed by atoms with van der Waals surface area (Å²) in [6.45, 7) is 1.10. The molecule has 0 aliphatic heterocycles.